The summed E-state index contributed by atoms with van der Waals surface area (Å²) in [5.74, 6) is 2.57. The van der Waals surface area contributed by atoms with E-state index < -0.39 is 0 Å². The lowest BCUT2D eigenvalue weighted by atomic mass is 10.1. The molecule has 1 aliphatic heterocycles. The topological polar surface area (TPSA) is 70.4 Å². The zero-order valence-electron chi connectivity index (χ0n) is 14.2. The molecule has 0 unspecified atom stereocenters. The normalized spacial score (nSPS) is 14.9. The summed E-state index contributed by atoms with van der Waals surface area (Å²) in [4.78, 5) is 25.3. The van der Waals surface area contributed by atoms with E-state index in [1.807, 2.05) is 18.2 Å². The molecule has 6 heteroatoms. The highest BCUT2D eigenvalue weighted by molar-refractivity contribution is 8.18. The van der Waals surface area contributed by atoms with Crippen LogP contribution in [-0.4, -0.2) is 22.6 Å². The van der Waals surface area contributed by atoms with Crippen molar-refractivity contribution in [2.75, 3.05) is 6.54 Å². The first-order valence-electron chi connectivity index (χ1n) is 8.02. The third kappa shape index (κ3) is 4.20. The molecule has 132 valence electrons. The molecule has 0 atom stereocenters. The smallest absolute Gasteiger partial charge is 0.294 e. The van der Waals surface area contributed by atoms with Gasteiger partial charge in [-0.05, 0) is 41.6 Å². The number of carbonyl (C=O) groups is 2. The molecule has 1 aliphatic rings. The first-order valence-corrected chi connectivity index (χ1v) is 8.83. The standard InChI is InChI=1S/C21H14N2O3S/c1-2-11-23-20(24)19(27-21(23)25)12-15-7-9-18(10-8-15)26-14-17-6-4-3-5-16(17)13-22/h1,3-10,12H,11,14H2/b19-12+. The Morgan fingerprint density at radius 2 is 1.89 bits per heavy atom. The van der Waals surface area contributed by atoms with Crippen LogP contribution in [0.4, 0.5) is 4.79 Å². The minimum atomic E-state index is -0.378. The maximum Gasteiger partial charge on any atom is 0.294 e. The number of amides is 2. The van der Waals surface area contributed by atoms with E-state index in [9.17, 15) is 9.59 Å². The van der Waals surface area contributed by atoms with Crippen molar-refractivity contribution in [2.24, 2.45) is 0 Å². The Bertz CT molecular complexity index is 997. The first-order chi connectivity index (χ1) is 13.1. The largest absolute Gasteiger partial charge is 0.489 e. The predicted molar refractivity (Wildman–Crippen MR) is 103 cm³/mol. The monoisotopic (exact) mass is 374 g/mol. The quantitative estimate of drug-likeness (QED) is 0.588. The molecular weight excluding hydrogens is 360 g/mol. The van der Waals surface area contributed by atoms with Gasteiger partial charge in [-0.3, -0.25) is 14.5 Å². The number of hydrogen-bond acceptors (Lipinski definition) is 5. The van der Waals surface area contributed by atoms with Crippen LogP contribution in [0.5, 0.6) is 5.75 Å². The van der Waals surface area contributed by atoms with Crippen molar-refractivity contribution in [1.29, 1.82) is 5.26 Å². The second kappa shape index (κ2) is 8.27. The fraction of sp³-hybridized carbons (Fsp3) is 0.0952. The van der Waals surface area contributed by atoms with E-state index in [-0.39, 0.29) is 24.3 Å². The van der Waals surface area contributed by atoms with Crippen molar-refractivity contribution in [3.63, 3.8) is 0 Å². The maximum absolute atomic E-state index is 12.2. The Morgan fingerprint density at radius 3 is 2.59 bits per heavy atom. The zero-order valence-corrected chi connectivity index (χ0v) is 15.0. The summed E-state index contributed by atoms with van der Waals surface area (Å²) in [6.07, 6.45) is 6.83. The number of imide groups is 1. The summed E-state index contributed by atoms with van der Waals surface area (Å²) < 4.78 is 5.72. The number of nitriles is 1. The SMILES string of the molecule is C#CCN1C(=O)S/C(=C/c2ccc(OCc3ccccc3C#N)cc2)C1=O. The summed E-state index contributed by atoms with van der Waals surface area (Å²) >= 11 is 0.874. The van der Waals surface area contributed by atoms with E-state index in [0.717, 1.165) is 27.8 Å². The summed E-state index contributed by atoms with van der Waals surface area (Å²) in [7, 11) is 0. The fourth-order valence-electron chi connectivity index (χ4n) is 2.46. The van der Waals surface area contributed by atoms with E-state index in [4.69, 9.17) is 16.4 Å². The van der Waals surface area contributed by atoms with E-state index in [1.54, 1.807) is 36.4 Å². The van der Waals surface area contributed by atoms with Crippen molar-refractivity contribution in [2.45, 2.75) is 6.61 Å². The molecule has 2 amide bonds. The van der Waals surface area contributed by atoms with Crippen molar-refractivity contribution in [3.05, 3.63) is 70.1 Å². The molecule has 1 saturated heterocycles. The van der Waals surface area contributed by atoms with Gasteiger partial charge in [-0.1, -0.05) is 36.3 Å². The van der Waals surface area contributed by atoms with Gasteiger partial charge in [0.1, 0.15) is 12.4 Å². The number of nitrogens with zero attached hydrogens (tertiary/aromatic N) is 2. The Kier molecular flexibility index (Phi) is 5.61. The molecule has 0 N–H and O–H groups in total. The molecule has 0 bridgehead atoms. The van der Waals surface area contributed by atoms with Crippen molar-refractivity contribution in [1.82, 2.24) is 4.90 Å². The zero-order chi connectivity index (χ0) is 19.2. The lowest BCUT2D eigenvalue weighted by Crippen LogP contribution is -2.28. The molecule has 27 heavy (non-hydrogen) atoms. The molecule has 0 spiro atoms. The number of benzene rings is 2. The number of carbonyl (C=O) groups excluding carboxylic acids is 2. The van der Waals surface area contributed by atoms with Gasteiger partial charge in [0.05, 0.1) is 23.1 Å². The van der Waals surface area contributed by atoms with Crippen LogP contribution in [0, 0.1) is 23.7 Å². The lowest BCUT2D eigenvalue weighted by Gasteiger charge is -2.08. The summed E-state index contributed by atoms with van der Waals surface area (Å²) in [5.41, 5.74) is 2.16. The lowest BCUT2D eigenvalue weighted by molar-refractivity contribution is -0.122. The predicted octanol–water partition coefficient (Wildman–Crippen LogP) is 3.81. The Balaban J connectivity index is 1.68. The third-order valence-electron chi connectivity index (χ3n) is 3.83. The van der Waals surface area contributed by atoms with Gasteiger partial charge in [0, 0.05) is 5.56 Å². The Labute approximate surface area is 161 Å². The molecule has 5 nitrogen and oxygen atoms in total. The van der Waals surface area contributed by atoms with Crippen LogP contribution < -0.4 is 4.74 Å². The minimum absolute atomic E-state index is 0.0288. The summed E-state index contributed by atoms with van der Waals surface area (Å²) in [6.45, 7) is 0.257. The van der Waals surface area contributed by atoms with Crippen LogP contribution in [0.25, 0.3) is 6.08 Å². The van der Waals surface area contributed by atoms with Crippen LogP contribution in [0.1, 0.15) is 16.7 Å². The van der Waals surface area contributed by atoms with Gasteiger partial charge in [0.25, 0.3) is 11.1 Å². The second-order valence-electron chi connectivity index (χ2n) is 5.60. The molecule has 0 radical (unpaired) electrons. The number of thioether (sulfide) groups is 1. The molecular formula is C21H14N2O3S. The molecule has 3 rings (SSSR count). The number of terminal acetylenes is 1. The average Bonchev–Trinajstić information content (AvgIpc) is 2.95. The molecule has 0 aliphatic carbocycles. The number of rotatable bonds is 5. The van der Waals surface area contributed by atoms with Crippen LogP contribution in [-0.2, 0) is 11.4 Å². The molecule has 2 aromatic carbocycles. The van der Waals surface area contributed by atoms with Gasteiger partial charge in [-0.15, -0.1) is 6.42 Å². The maximum atomic E-state index is 12.2. The fourth-order valence-corrected chi connectivity index (χ4v) is 3.29. The van der Waals surface area contributed by atoms with Crippen LogP contribution >= 0.6 is 11.8 Å². The molecule has 1 heterocycles. The van der Waals surface area contributed by atoms with Crippen LogP contribution in [0.15, 0.2) is 53.4 Å². The highest BCUT2D eigenvalue weighted by atomic mass is 32.2. The molecule has 0 aromatic heterocycles. The van der Waals surface area contributed by atoms with Gasteiger partial charge < -0.3 is 4.74 Å². The van der Waals surface area contributed by atoms with Gasteiger partial charge in [-0.25, -0.2) is 0 Å². The molecule has 1 fully saturated rings. The average molecular weight is 374 g/mol. The van der Waals surface area contributed by atoms with Crippen LogP contribution in [0.3, 0.4) is 0 Å². The molecule has 2 aromatic rings. The highest BCUT2D eigenvalue weighted by Crippen LogP contribution is 2.32. The second-order valence-corrected chi connectivity index (χ2v) is 6.59. The highest BCUT2D eigenvalue weighted by Gasteiger charge is 2.34. The summed E-state index contributed by atoms with van der Waals surface area (Å²) in [6, 6.07) is 16.5. The van der Waals surface area contributed by atoms with E-state index in [2.05, 4.69) is 12.0 Å². The van der Waals surface area contributed by atoms with Gasteiger partial charge in [0.2, 0.25) is 0 Å². The van der Waals surface area contributed by atoms with E-state index in [1.165, 1.54) is 0 Å². The Morgan fingerprint density at radius 1 is 1.15 bits per heavy atom. The van der Waals surface area contributed by atoms with Crippen LogP contribution in [0.2, 0.25) is 0 Å². The van der Waals surface area contributed by atoms with Gasteiger partial charge >= 0.3 is 0 Å². The number of hydrogen-bond donors (Lipinski definition) is 0. The molecule has 0 saturated carbocycles. The van der Waals surface area contributed by atoms with E-state index in [0.29, 0.717) is 16.2 Å². The van der Waals surface area contributed by atoms with Gasteiger partial charge in [0.15, 0.2) is 0 Å². The number of ether oxygens (including phenoxy) is 1. The van der Waals surface area contributed by atoms with Crippen molar-refractivity contribution < 1.29 is 14.3 Å². The summed E-state index contributed by atoms with van der Waals surface area (Å²) in [5, 5.41) is 8.74. The minimum Gasteiger partial charge on any atom is -0.489 e. The van der Waals surface area contributed by atoms with Crippen molar-refractivity contribution >= 4 is 29.0 Å². The first kappa shape index (κ1) is 18.3. The van der Waals surface area contributed by atoms with Crippen molar-refractivity contribution in [3.8, 4) is 24.2 Å². The Hall–Kier alpha value is -3.48. The van der Waals surface area contributed by atoms with Gasteiger partial charge in [-0.2, -0.15) is 5.26 Å². The van der Waals surface area contributed by atoms with E-state index >= 15 is 0 Å². The third-order valence-corrected chi connectivity index (χ3v) is 4.74.